The normalized spacial score (nSPS) is 14.6. The minimum absolute atomic E-state index is 0.435. The minimum Gasteiger partial charge on any atom is -0.253 e. The molecule has 21 heavy (non-hydrogen) atoms. The van der Waals surface area contributed by atoms with Gasteiger partial charge in [-0.25, -0.2) is 0 Å². The molecule has 0 saturated heterocycles. The van der Waals surface area contributed by atoms with E-state index in [9.17, 15) is 0 Å². The van der Waals surface area contributed by atoms with Crippen molar-refractivity contribution in [1.82, 2.24) is 25.2 Å². The molecule has 2 aromatic heterocycles. The van der Waals surface area contributed by atoms with Gasteiger partial charge in [-0.05, 0) is 19.8 Å². The average molecular weight is 307 g/mol. The lowest BCUT2D eigenvalue weighted by Gasteiger charge is -2.11. The van der Waals surface area contributed by atoms with Gasteiger partial charge >= 0.3 is 0 Å². The topological polar surface area (TPSA) is 56.5 Å². The van der Waals surface area contributed by atoms with E-state index in [0.29, 0.717) is 17.8 Å². The predicted molar refractivity (Wildman–Crippen MR) is 85.8 cm³/mol. The molecule has 0 saturated carbocycles. The van der Waals surface area contributed by atoms with Crippen molar-refractivity contribution in [2.45, 2.75) is 71.8 Å². The van der Waals surface area contributed by atoms with E-state index in [1.165, 1.54) is 0 Å². The summed E-state index contributed by atoms with van der Waals surface area (Å²) in [5.41, 5.74) is 1.09. The fraction of sp³-hybridized carbons (Fsp3) is 0.733. The second kappa shape index (κ2) is 7.11. The van der Waals surface area contributed by atoms with Crippen LogP contribution in [0.1, 0.15) is 80.9 Å². The van der Waals surface area contributed by atoms with Gasteiger partial charge in [0.25, 0.3) is 0 Å². The highest BCUT2D eigenvalue weighted by Gasteiger charge is 2.16. The standard InChI is InChI=1S/C15H25N5S/c1-6-20-9-13(16-19-20)11(4)7-8-12(5)15-18-17-14(21-15)10(2)3/h9-12H,6-8H2,1-5H3. The highest BCUT2D eigenvalue weighted by Crippen LogP contribution is 2.30. The number of aryl methyl sites for hydroxylation is 1. The van der Waals surface area contributed by atoms with Crippen LogP contribution in [0.4, 0.5) is 0 Å². The molecule has 2 unspecified atom stereocenters. The van der Waals surface area contributed by atoms with E-state index in [1.807, 2.05) is 4.68 Å². The van der Waals surface area contributed by atoms with Crippen molar-refractivity contribution < 1.29 is 0 Å². The van der Waals surface area contributed by atoms with Crippen molar-refractivity contribution >= 4 is 11.3 Å². The van der Waals surface area contributed by atoms with E-state index >= 15 is 0 Å². The molecule has 0 radical (unpaired) electrons. The van der Waals surface area contributed by atoms with Crippen LogP contribution in [0.15, 0.2) is 6.20 Å². The second-order valence-electron chi connectivity index (χ2n) is 6.01. The second-order valence-corrected chi connectivity index (χ2v) is 7.05. The number of rotatable bonds is 7. The molecule has 0 fully saturated rings. The van der Waals surface area contributed by atoms with Crippen LogP contribution in [0.3, 0.4) is 0 Å². The SMILES string of the molecule is CCn1cc(C(C)CCC(C)c2nnc(C(C)C)s2)nn1. The molecule has 0 N–H and O–H groups in total. The van der Waals surface area contributed by atoms with E-state index in [1.54, 1.807) is 11.3 Å². The van der Waals surface area contributed by atoms with Crippen molar-refractivity contribution in [3.05, 3.63) is 21.9 Å². The summed E-state index contributed by atoms with van der Waals surface area (Å²) in [5, 5.41) is 19.3. The van der Waals surface area contributed by atoms with Crippen LogP contribution >= 0.6 is 11.3 Å². The molecule has 2 heterocycles. The van der Waals surface area contributed by atoms with Crippen molar-refractivity contribution in [2.75, 3.05) is 0 Å². The number of hydrogen-bond acceptors (Lipinski definition) is 5. The van der Waals surface area contributed by atoms with Gasteiger partial charge in [0.15, 0.2) is 0 Å². The Morgan fingerprint density at radius 3 is 2.24 bits per heavy atom. The van der Waals surface area contributed by atoms with Gasteiger partial charge in [0.2, 0.25) is 0 Å². The fourth-order valence-corrected chi connectivity index (χ4v) is 3.08. The van der Waals surface area contributed by atoms with Gasteiger partial charge in [-0.2, -0.15) is 0 Å². The third-order valence-corrected chi connectivity index (χ3v) is 5.25. The van der Waals surface area contributed by atoms with Crippen LogP contribution in [-0.4, -0.2) is 25.2 Å². The largest absolute Gasteiger partial charge is 0.253 e. The quantitative estimate of drug-likeness (QED) is 0.777. The summed E-state index contributed by atoms with van der Waals surface area (Å²) in [6.45, 7) is 11.7. The highest BCUT2D eigenvalue weighted by molar-refractivity contribution is 7.11. The van der Waals surface area contributed by atoms with Crippen LogP contribution in [0, 0.1) is 0 Å². The summed E-state index contributed by atoms with van der Waals surface area (Å²) in [7, 11) is 0. The first-order valence-corrected chi connectivity index (χ1v) is 8.56. The zero-order valence-corrected chi connectivity index (χ0v) is 14.4. The molecule has 0 spiro atoms. The molecule has 0 amide bonds. The van der Waals surface area contributed by atoms with Gasteiger partial charge in [0.05, 0.1) is 5.69 Å². The lowest BCUT2D eigenvalue weighted by Crippen LogP contribution is -1.99. The van der Waals surface area contributed by atoms with E-state index in [0.717, 1.165) is 35.1 Å². The molecule has 0 aromatic carbocycles. The number of nitrogens with zero attached hydrogens (tertiary/aromatic N) is 5. The molecular weight excluding hydrogens is 282 g/mol. The third-order valence-electron chi connectivity index (χ3n) is 3.79. The maximum Gasteiger partial charge on any atom is 0.120 e. The summed E-state index contributed by atoms with van der Waals surface area (Å²) >= 11 is 1.75. The van der Waals surface area contributed by atoms with Gasteiger partial charge in [-0.3, -0.25) is 4.68 Å². The number of hydrogen-bond donors (Lipinski definition) is 0. The lowest BCUT2D eigenvalue weighted by atomic mass is 9.96. The van der Waals surface area contributed by atoms with Gasteiger partial charge in [0, 0.05) is 30.5 Å². The Bertz CT molecular complexity index is 560. The molecule has 2 atom stereocenters. The van der Waals surface area contributed by atoms with Crippen molar-refractivity contribution in [3.8, 4) is 0 Å². The van der Waals surface area contributed by atoms with E-state index in [-0.39, 0.29) is 0 Å². The molecule has 2 rings (SSSR count). The smallest absolute Gasteiger partial charge is 0.120 e. The van der Waals surface area contributed by atoms with Gasteiger partial charge in [-0.1, -0.05) is 32.9 Å². The van der Waals surface area contributed by atoms with Crippen molar-refractivity contribution in [2.24, 2.45) is 0 Å². The number of aromatic nitrogens is 5. The monoisotopic (exact) mass is 307 g/mol. The van der Waals surface area contributed by atoms with E-state index < -0.39 is 0 Å². The van der Waals surface area contributed by atoms with Gasteiger partial charge in [0.1, 0.15) is 10.0 Å². The maximum absolute atomic E-state index is 4.34. The first kappa shape index (κ1) is 16.1. The highest BCUT2D eigenvalue weighted by atomic mass is 32.1. The van der Waals surface area contributed by atoms with E-state index in [4.69, 9.17) is 0 Å². The Kier molecular flexibility index (Phi) is 5.45. The van der Waals surface area contributed by atoms with E-state index in [2.05, 4.69) is 61.3 Å². The van der Waals surface area contributed by atoms with Gasteiger partial charge < -0.3 is 0 Å². The zero-order chi connectivity index (χ0) is 15.4. The molecule has 6 heteroatoms. The Morgan fingerprint density at radius 1 is 1.00 bits per heavy atom. The van der Waals surface area contributed by atoms with Crippen LogP contribution in [0.5, 0.6) is 0 Å². The summed E-state index contributed by atoms with van der Waals surface area (Å²) in [6.07, 6.45) is 4.25. The van der Waals surface area contributed by atoms with Crippen LogP contribution < -0.4 is 0 Å². The summed E-state index contributed by atoms with van der Waals surface area (Å²) in [4.78, 5) is 0. The first-order valence-electron chi connectivity index (χ1n) is 7.74. The Hall–Kier alpha value is -1.30. The Balaban J connectivity index is 1.89. The van der Waals surface area contributed by atoms with Crippen molar-refractivity contribution in [3.63, 3.8) is 0 Å². The summed E-state index contributed by atoms with van der Waals surface area (Å²) in [6, 6.07) is 0. The molecule has 5 nitrogen and oxygen atoms in total. The molecule has 0 aliphatic rings. The Morgan fingerprint density at radius 2 is 1.67 bits per heavy atom. The zero-order valence-electron chi connectivity index (χ0n) is 13.6. The van der Waals surface area contributed by atoms with Crippen molar-refractivity contribution in [1.29, 1.82) is 0 Å². The predicted octanol–water partition coefficient (Wildman–Crippen LogP) is 3.96. The molecular formula is C15H25N5S. The third kappa shape index (κ3) is 4.09. The molecule has 2 aromatic rings. The molecule has 0 bridgehead atoms. The maximum atomic E-state index is 4.34. The summed E-state index contributed by atoms with van der Waals surface area (Å²) < 4.78 is 1.88. The van der Waals surface area contributed by atoms with Crippen LogP contribution in [0.2, 0.25) is 0 Å². The minimum atomic E-state index is 0.435. The summed E-state index contributed by atoms with van der Waals surface area (Å²) in [5.74, 6) is 1.36. The van der Waals surface area contributed by atoms with Crippen LogP contribution in [-0.2, 0) is 6.54 Å². The Labute approximate surface area is 130 Å². The average Bonchev–Trinajstić information content (AvgIpc) is 3.12. The van der Waals surface area contributed by atoms with Gasteiger partial charge in [-0.15, -0.1) is 26.6 Å². The molecule has 116 valence electrons. The van der Waals surface area contributed by atoms with Crippen LogP contribution in [0.25, 0.3) is 0 Å². The first-order chi connectivity index (χ1) is 10.0. The molecule has 0 aliphatic heterocycles. The lowest BCUT2D eigenvalue weighted by molar-refractivity contribution is 0.560. The fourth-order valence-electron chi connectivity index (χ4n) is 2.14. The molecule has 0 aliphatic carbocycles.